The summed E-state index contributed by atoms with van der Waals surface area (Å²) in [5.74, 6) is 0.763. The molecule has 0 aliphatic carbocycles. The molecule has 84 valence electrons. The Morgan fingerprint density at radius 3 is 1.82 bits per heavy atom. The molecule has 17 heavy (non-hydrogen) atoms. The summed E-state index contributed by atoms with van der Waals surface area (Å²) in [5.41, 5.74) is 6.88. The second-order valence-corrected chi connectivity index (χ2v) is 4.04. The van der Waals surface area contributed by atoms with E-state index in [2.05, 4.69) is 12.1 Å². The molecule has 0 heterocycles. The summed E-state index contributed by atoms with van der Waals surface area (Å²) in [6.45, 7) is 0. The Morgan fingerprint density at radius 1 is 0.765 bits per heavy atom. The van der Waals surface area contributed by atoms with Gasteiger partial charge < -0.3 is 10.5 Å². The van der Waals surface area contributed by atoms with Crippen LogP contribution in [0.15, 0.2) is 48.5 Å². The first-order valence-corrected chi connectivity index (χ1v) is 5.56. The summed E-state index contributed by atoms with van der Waals surface area (Å²) in [5, 5.41) is 4.45. The molecule has 0 aliphatic rings. The van der Waals surface area contributed by atoms with Gasteiger partial charge >= 0.3 is 0 Å². The molecule has 0 spiro atoms. The zero-order valence-corrected chi connectivity index (χ0v) is 9.60. The standard InChI is InChI=1S/C15H13NO/c1-17-15-13-9-5-3-7-11(13)10-6-2-4-8-12(10)14(15)16/h2-9H,16H2,1H3. The van der Waals surface area contributed by atoms with Crippen LogP contribution in [-0.2, 0) is 0 Å². The average molecular weight is 223 g/mol. The molecule has 2 heteroatoms. The summed E-state index contributed by atoms with van der Waals surface area (Å²) in [6.07, 6.45) is 0. The summed E-state index contributed by atoms with van der Waals surface area (Å²) in [7, 11) is 1.66. The quantitative estimate of drug-likeness (QED) is 0.505. The van der Waals surface area contributed by atoms with E-state index in [0.717, 1.165) is 16.5 Å². The Balaban J connectivity index is 2.64. The van der Waals surface area contributed by atoms with Gasteiger partial charge in [0.05, 0.1) is 12.8 Å². The second-order valence-electron chi connectivity index (χ2n) is 4.04. The molecule has 3 aromatic rings. The van der Waals surface area contributed by atoms with E-state index < -0.39 is 0 Å². The maximum absolute atomic E-state index is 6.17. The van der Waals surface area contributed by atoms with Crippen molar-refractivity contribution in [2.45, 2.75) is 0 Å². The van der Waals surface area contributed by atoms with Gasteiger partial charge in [-0.05, 0) is 10.8 Å². The fourth-order valence-corrected chi connectivity index (χ4v) is 2.36. The fourth-order valence-electron chi connectivity index (χ4n) is 2.36. The predicted molar refractivity (Wildman–Crippen MR) is 72.4 cm³/mol. The van der Waals surface area contributed by atoms with E-state index in [0.29, 0.717) is 5.69 Å². The lowest BCUT2D eigenvalue weighted by molar-refractivity contribution is 0.422. The highest BCUT2D eigenvalue weighted by Gasteiger charge is 2.11. The lowest BCUT2D eigenvalue weighted by Crippen LogP contribution is -1.95. The third kappa shape index (κ3) is 1.34. The SMILES string of the molecule is COc1c(N)c2ccccc2c2ccccc12. The van der Waals surface area contributed by atoms with E-state index in [1.807, 2.05) is 36.4 Å². The van der Waals surface area contributed by atoms with Crippen LogP contribution in [0.25, 0.3) is 21.5 Å². The number of benzene rings is 3. The molecule has 0 saturated heterocycles. The second kappa shape index (κ2) is 3.67. The van der Waals surface area contributed by atoms with Crippen LogP contribution < -0.4 is 10.5 Å². The monoisotopic (exact) mass is 223 g/mol. The van der Waals surface area contributed by atoms with Crippen LogP contribution in [0.5, 0.6) is 5.75 Å². The first kappa shape index (κ1) is 9.97. The highest BCUT2D eigenvalue weighted by Crippen LogP contribution is 2.39. The number of anilines is 1. The van der Waals surface area contributed by atoms with Gasteiger partial charge in [-0.3, -0.25) is 0 Å². The highest BCUT2D eigenvalue weighted by molar-refractivity contribution is 6.16. The van der Waals surface area contributed by atoms with Crippen LogP contribution >= 0.6 is 0 Å². The van der Waals surface area contributed by atoms with Gasteiger partial charge in [-0.25, -0.2) is 0 Å². The van der Waals surface area contributed by atoms with Gasteiger partial charge in [-0.2, -0.15) is 0 Å². The molecule has 0 atom stereocenters. The lowest BCUT2D eigenvalue weighted by atomic mass is 9.99. The van der Waals surface area contributed by atoms with E-state index in [1.165, 1.54) is 10.8 Å². The van der Waals surface area contributed by atoms with E-state index in [9.17, 15) is 0 Å². The Hall–Kier alpha value is -2.22. The maximum Gasteiger partial charge on any atom is 0.150 e. The van der Waals surface area contributed by atoms with Crippen molar-refractivity contribution < 1.29 is 4.74 Å². The van der Waals surface area contributed by atoms with E-state index in [1.54, 1.807) is 7.11 Å². The molecule has 0 aromatic heterocycles. The number of fused-ring (bicyclic) bond motifs is 3. The molecule has 0 radical (unpaired) electrons. The number of nitrogens with two attached hydrogens (primary N) is 1. The number of methoxy groups -OCH3 is 1. The smallest absolute Gasteiger partial charge is 0.150 e. The van der Waals surface area contributed by atoms with E-state index in [-0.39, 0.29) is 0 Å². The zero-order chi connectivity index (χ0) is 11.8. The number of hydrogen-bond donors (Lipinski definition) is 1. The van der Waals surface area contributed by atoms with Crippen molar-refractivity contribution in [3.8, 4) is 5.75 Å². The van der Waals surface area contributed by atoms with Gasteiger partial charge in [0.25, 0.3) is 0 Å². The van der Waals surface area contributed by atoms with Gasteiger partial charge in [0.2, 0.25) is 0 Å². The summed E-state index contributed by atoms with van der Waals surface area (Å²) in [4.78, 5) is 0. The van der Waals surface area contributed by atoms with Gasteiger partial charge in [-0.1, -0.05) is 48.5 Å². The molecule has 0 fully saturated rings. The summed E-state index contributed by atoms with van der Waals surface area (Å²) < 4.78 is 5.44. The molecule has 0 saturated carbocycles. The Bertz CT molecular complexity index is 704. The number of nitrogen functional groups attached to an aromatic ring is 1. The molecule has 2 nitrogen and oxygen atoms in total. The van der Waals surface area contributed by atoms with Crippen molar-refractivity contribution >= 4 is 27.2 Å². The van der Waals surface area contributed by atoms with Crippen molar-refractivity contribution in [3.63, 3.8) is 0 Å². The first-order valence-electron chi connectivity index (χ1n) is 5.56. The molecule has 3 rings (SSSR count). The summed E-state index contributed by atoms with van der Waals surface area (Å²) >= 11 is 0. The van der Waals surface area contributed by atoms with Crippen molar-refractivity contribution in [2.75, 3.05) is 12.8 Å². The molecule has 0 amide bonds. The minimum Gasteiger partial charge on any atom is -0.494 e. The van der Waals surface area contributed by atoms with Crippen molar-refractivity contribution in [1.82, 2.24) is 0 Å². The van der Waals surface area contributed by atoms with E-state index in [4.69, 9.17) is 10.5 Å². The fraction of sp³-hybridized carbons (Fsp3) is 0.0667. The molecular formula is C15H13NO. The van der Waals surface area contributed by atoms with Crippen LogP contribution in [0, 0.1) is 0 Å². The van der Waals surface area contributed by atoms with Gasteiger partial charge in [0, 0.05) is 10.8 Å². The van der Waals surface area contributed by atoms with Crippen LogP contribution in [0.1, 0.15) is 0 Å². The average Bonchev–Trinajstić information content (AvgIpc) is 2.40. The van der Waals surface area contributed by atoms with Gasteiger partial charge in [0.15, 0.2) is 0 Å². The highest BCUT2D eigenvalue weighted by atomic mass is 16.5. The van der Waals surface area contributed by atoms with Crippen molar-refractivity contribution in [2.24, 2.45) is 0 Å². The summed E-state index contributed by atoms with van der Waals surface area (Å²) in [6, 6.07) is 16.3. The molecule has 0 aliphatic heterocycles. The Labute approximate surface area is 99.6 Å². The van der Waals surface area contributed by atoms with Gasteiger partial charge in [-0.15, -0.1) is 0 Å². The minimum absolute atomic E-state index is 0.710. The largest absolute Gasteiger partial charge is 0.494 e. The molecule has 0 bridgehead atoms. The molecular weight excluding hydrogens is 210 g/mol. The topological polar surface area (TPSA) is 35.2 Å². The van der Waals surface area contributed by atoms with Crippen LogP contribution in [0.4, 0.5) is 5.69 Å². The third-order valence-electron chi connectivity index (χ3n) is 3.13. The molecule has 3 aromatic carbocycles. The normalized spacial score (nSPS) is 10.9. The number of hydrogen-bond acceptors (Lipinski definition) is 2. The Kier molecular flexibility index (Phi) is 2.15. The minimum atomic E-state index is 0.710. The van der Waals surface area contributed by atoms with Crippen LogP contribution in [-0.4, -0.2) is 7.11 Å². The van der Waals surface area contributed by atoms with Crippen molar-refractivity contribution in [3.05, 3.63) is 48.5 Å². The van der Waals surface area contributed by atoms with E-state index >= 15 is 0 Å². The third-order valence-corrected chi connectivity index (χ3v) is 3.13. The van der Waals surface area contributed by atoms with Gasteiger partial charge in [0.1, 0.15) is 5.75 Å². The first-order chi connectivity index (χ1) is 8.33. The predicted octanol–water partition coefficient (Wildman–Crippen LogP) is 3.58. The van der Waals surface area contributed by atoms with Crippen LogP contribution in [0.3, 0.4) is 0 Å². The van der Waals surface area contributed by atoms with Crippen LogP contribution in [0.2, 0.25) is 0 Å². The number of ether oxygens (including phenoxy) is 1. The lowest BCUT2D eigenvalue weighted by Gasteiger charge is -2.12. The van der Waals surface area contributed by atoms with Crippen molar-refractivity contribution in [1.29, 1.82) is 0 Å². The molecule has 2 N–H and O–H groups in total. The Morgan fingerprint density at radius 2 is 1.24 bits per heavy atom. The zero-order valence-electron chi connectivity index (χ0n) is 9.60. The number of rotatable bonds is 1. The molecule has 0 unspecified atom stereocenters. The maximum atomic E-state index is 6.17.